The van der Waals surface area contributed by atoms with Crippen LogP contribution >= 0.6 is 0 Å². The van der Waals surface area contributed by atoms with Crippen LogP contribution in [-0.4, -0.2) is 37.7 Å². The summed E-state index contributed by atoms with van der Waals surface area (Å²) in [7, 11) is 1.58. The van der Waals surface area contributed by atoms with Crippen molar-refractivity contribution in [2.24, 2.45) is 5.92 Å². The summed E-state index contributed by atoms with van der Waals surface area (Å²) >= 11 is 0. The second kappa shape index (κ2) is 7.70. The molecule has 0 saturated carbocycles. The van der Waals surface area contributed by atoms with E-state index in [2.05, 4.69) is 4.90 Å². The second-order valence-electron chi connectivity index (χ2n) is 6.28. The van der Waals surface area contributed by atoms with E-state index in [0.29, 0.717) is 31.0 Å². The molecule has 0 aliphatic carbocycles. The Morgan fingerprint density at radius 3 is 2.96 bits per heavy atom. The molecule has 0 radical (unpaired) electrons. The fourth-order valence-corrected chi connectivity index (χ4v) is 3.36. The Bertz CT molecular complexity index is 813. The van der Waals surface area contributed by atoms with Crippen LogP contribution in [0.3, 0.4) is 0 Å². The third-order valence-electron chi connectivity index (χ3n) is 4.56. The lowest BCUT2D eigenvalue weighted by Gasteiger charge is -2.31. The number of rotatable bonds is 5. The van der Waals surface area contributed by atoms with Gasteiger partial charge in [-0.2, -0.15) is 0 Å². The van der Waals surface area contributed by atoms with E-state index >= 15 is 0 Å². The van der Waals surface area contributed by atoms with Crippen LogP contribution < -0.4 is 10.4 Å². The van der Waals surface area contributed by atoms with Crippen molar-refractivity contribution >= 4 is 16.9 Å². The summed E-state index contributed by atoms with van der Waals surface area (Å²) < 4.78 is 15.6. The first-order valence-electron chi connectivity index (χ1n) is 8.60. The van der Waals surface area contributed by atoms with Crippen LogP contribution in [0.15, 0.2) is 33.5 Å². The Balaban J connectivity index is 1.82. The summed E-state index contributed by atoms with van der Waals surface area (Å²) in [6.07, 6.45) is 1.79. The van der Waals surface area contributed by atoms with Crippen molar-refractivity contribution in [2.45, 2.75) is 26.3 Å². The molecule has 25 heavy (non-hydrogen) atoms. The molecule has 0 amide bonds. The first-order valence-corrected chi connectivity index (χ1v) is 8.60. The monoisotopic (exact) mass is 345 g/mol. The normalized spacial score (nSPS) is 18.2. The van der Waals surface area contributed by atoms with Gasteiger partial charge in [0.15, 0.2) is 0 Å². The van der Waals surface area contributed by atoms with Gasteiger partial charge in [-0.1, -0.05) is 0 Å². The van der Waals surface area contributed by atoms with Gasteiger partial charge in [0.1, 0.15) is 11.3 Å². The smallest absolute Gasteiger partial charge is 0.336 e. The zero-order valence-electron chi connectivity index (χ0n) is 14.6. The lowest BCUT2D eigenvalue weighted by Crippen LogP contribution is -2.39. The molecule has 1 aliphatic rings. The maximum Gasteiger partial charge on any atom is 0.336 e. The van der Waals surface area contributed by atoms with Crippen LogP contribution in [0.4, 0.5) is 0 Å². The highest BCUT2D eigenvalue weighted by molar-refractivity contribution is 5.81. The van der Waals surface area contributed by atoms with E-state index in [1.165, 1.54) is 6.07 Å². The van der Waals surface area contributed by atoms with E-state index in [1.54, 1.807) is 13.2 Å². The van der Waals surface area contributed by atoms with E-state index in [4.69, 9.17) is 13.9 Å². The van der Waals surface area contributed by atoms with E-state index in [-0.39, 0.29) is 17.5 Å². The minimum atomic E-state index is -0.380. The molecule has 0 N–H and O–H groups in total. The first kappa shape index (κ1) is 17.5. The Morgan fingerprint density at radius 1 is 1.36 bits per heavy atom. The van der Waals surface area contributed by atoms with Gasteiger partial charge in [0.05, 0.1) is 19.6 Å². The SMILES string of the molecule is CCOC(=O)[C@H]1CCCN(Cc2cc(=O)oc3cc(OC)ccc23)C1. The average Bonchev–Trinajstić information content (AvgIpc) is 2.61. The molecule has 1 aliphatic heterocycles. The molecule has 6 nitrogen and oxygen atoms in total. The summed E-state index contributed by atoms with van der Waals surface area (Å²) in [4.78, 5) is 26.1. The third kappa shape index (κ3) is 4.02. The lowest BCUT2D eigenvalue weighted by molar-refractivity contribution is -0.150. The molecule has 0 unspecified atom stereocenters. The second-order valence-corrected chi connectivity index (χ2v) is 6.28. The molecule has 1 saturated heterocycles. The maximum atomic E-state index is 12.0. The quantitative estimate of drug-likeness (QED) is 0.613. The van der Waals surface area contributed by atoms with E-state index < -0.39 is 0 Å². The number of nitrogens with zero attached hydrogens (tertiary/aromatic N) is 1. The zero-order valence-corrected chi connectivity index (χ0v) is 14.6. The lowest BCUT2D eigenvalue weighted by atomic mass is 9.97. The van der Waals surface area contributed by atoms with Crippen LogP contribution in [-0.2, 0) is 16.1 Å². The Kier molecular flexibility index (Phi) is 5.38. The fourth-order valence-electron chi connectivity index (χ4n) is 3.36. The van der Waals surface area contributed by atoms with Gasteiger partial charge in [0.2, 0.25) is 0 Å². The van der Waals surface area contributed by atoms with Gasteiger partial charge in [-0.3, -0.25) is 9.69 Å². The highest BCUT2D eigenvalue weighted by Gasteiger charge is 2.27. The zero-order chi connectivity index (χ0) is 17.8. The minimum absolute atomic E-state index is 0.0971. The fraction of sp³-hybridized carbons (Fsp3) is 0.474. The van der Waals surface area contributed by atoms with Crippen molar-refractivity contribution < 1.29 is 18.7 Å². The van der Waals surface area contributed by atoms with Crippen molar-refractivity contribution in [2.75, 3.05) is 26.8 Å². The largest absolute Gasteiger partial charge is 0.497 e. The average molecular weight is 345 g/mol. The van der Waals surface area contributed by atoms with Gasteiger partial charge in [0, 0.05) is 30.6 Å². The third-order valence-corrected chi connectivity index (χ3v) is 4.56. The summed E-state index contributed by atoms with van der Waals surface area (Å²) in [5, 5.41) is 0.888. The highest BCUT2D eigenvalue weighted by atomic mass is 16.5. The van der Waals surface area contributed by atoms with Crippen molar-refractivity contribution in [1.29, 1.82) is 0 Å². The number of likely N-dealkylation sites (tertiary alicyclic amines) is 1. The summed E-state index contributed by atoms with van der Waals surface area (Å²) in [5.41, 5.74) is 1.04. The van der Waals surface area contributed by atoms with E-state index in [0.717, 1.165) is 30.3 Å². The summed E-state index contributed by atoms with van der Waals surface area (Å²) in [5.74, 6) is 0.419. The maximum absolute atomic E-state index is 12.0. The molecule has 6 heteroatoms. The molecule has 0 bridgehead atoms. The van der Waals surface area contributed by atoms with Crippen molar-refractivity contribution in [1.82, 2.24) is 4.90 Å². The van der Waals surface area contributed by atoms with Crippen LogP contribution in [0.5, 0.6) is 5.75 Å². The number of ether oxygens (including phenoxy) is 2. The van der Waals surface area contributed by atoms with Gasteiger partial charge in [-0.05, 0) is 44.0 Å². The van der Waals surface area contributed by atoms with Gasteiger partial charge in [0.25, 0.3) is 0 Å². The number of fused-ring (bicyclic) bond motifs is 1. The van der Waals surface area contributed by atoms with Crippen LogP contribution in [0.25, 0.3) is 11.0 Å². The molecule has 1 aromatic carbocycles. The van der Waals surface area contributed by atoms with E-state index in [1.807, 2.05) is 19.1 Å². The van der Waals surface area contributed by atoms with Gasteiger partial charge in [-0.15, -0.1) is 0 Å². The molecule has 0 spiro atoms. The molecule has 3 rings (SSSR count). The number of piperidine rings is 1. The molecule has 1 atom stereocenters. The predicted molar refractivity (Wildman–Crippen MR) is 93.7 cm³/mol. The molecular formula is C19H23NO5. The Hall–Kier alpha value is -2.34. The molecule has 1 fully saturated rings. The molecule has 134 valence electrons. The van der Waals surface area contributed by atoms with Gasteiger partial charge >= 0.3 is 11.6 Å². The summed E-state index contributed by atoms with van der Waals surface area (Å²) in [6.45, 7) is 4.37. The van der Waals surface area contributed by atoms with E-state index in [9.17, 15) is 9.59 Å². The van der Waals surface area contributed by atoms with Crippen LogP contribution in [0.2, 0.25) is 0 Å². The number of carbonyl (C=O) groups excluding carboxylic acids is 1. The standard InChI is InChI=1S/C19H23NO5/c1-3-24-19(22)13-5-4-8-20(11-13)12-14-9-18(21)25-17-10-15(23-2)6-7-16(14)17/h6-7,9-10,13H,3-5,8,11-12H2,1-2H3/t13-/m0/s1. The first-order chi connectivity index (χ1) is 12.1. The number of carbonyl (C=O) groups is 1. The minimum Gasteiger partial charge on any atom is -0.497 e. The number of esters is 1. The van der Waals surface area contributed by atoms with Crippen molar-refractivity contribution in [3.63, 3.8) is 0 Å². The van der Waals surface area contributed by atoms with Crippen LogP contribution in [0, 0.1) is 5.92 Å². The van der Waals surface area contributed by atoms with Gasteiger partial charge in [-0.25, -0.2) is 4.79 Å². The topological polar surface area (TPSA) is 69.0 Å². The predicted octanol–water partition coefficient (Wildman–Crippen LogP) is 2.58. The van der Waals surface area contributed by atoms with Crippen molar-refractivity contribution in [3.05, 3.63) is 40.2 Å². The number of hydrogen-bond acceptors (Lipinski definition) is 6. The number of benzene rings is 1. The summed E-state index contributed by atoms with van der Waals surface area (Å²) in [6, 6.07) is 7.00. The highest BCUT2D eigenvalue weighted by Crippen LogP contribution is 2.25. The Morgan fingerprint density at radius 2 is 2.20 bits per heavy atom. The Labute approximate surface area is 146 Å². The van der Waals surface area contributed by atoms with Crippen molar-refractivity contribution in [3.8, 4) is 5.75 Å². The molecule has 1 aromatic heterocycles. The van der Waals surface area contributed by atoms with Crippen LogP contribution in [0.1, 0.15) is 25.3 Å². The number of hydrogen-bond donors (Lipinski definition) is 0. The molecule has 2 aromatic rings. The molecule has 2 heterocycles. The van der Waals surface area contributed by atoms with Gasteiger partial charge < -0.3 is 13.9 Å². The number of methoxy groups -OCH3 is 1. The molecular weight excluding hydrogens is 322 g/mol.